The van der Waals surface area contributed by atoms with Gasteiger partial charge in [0, 0.05) is 55.0 Å². The van der Waals surface area contributed by atoms with Crippen LogP contribution < -0.4 is 4.74 Å². The van der Waals surface area contributed by atoms with Gasteiger partial charge in [-0.25, -0.2) is 22.7 Å². The van der Waals surface area contributed by atoms with Crippen molar-refractivity contribution >= 4 is 11.6 Å². The number of piperazine rings is 1. The smallest absolute Gasteiger partial charge is 0.433 e. The minimum Gasteiger partial charge on any atom is -0.497 e. The van der Waals surface area contributed by atoms with Gasteiger partial charge in [0.25, 0.3) is 5.91 Å². The average molecular weight is 592 g/mol. The van der Waals surface area contributed by atoms with Crippen LogP contribution in [0.25, 0.3) is 16.9 Å². The Kier molecular flexibility index (Phi) is 7.88. The topological polar surface area (TPSA) is 63.0 Å². The standard InChI is InChI=1S/C29H27F6N5O2/c1-4-20-15-38(14-18-11-19(30)12-23(31)24(18)32)9-10-39(20)28(41)22-13-36-40-26(29(33,34)35)16(2)25(37-27(22)40)17-5-7-21(42-3)8-6-17/h5-8,11-13,20H,4,9-10,14-15H2,1-3H3/t20-/m1/s1. The summed E-state index contributed by atoms with van der Waals surface area (Å²) in [7, 11) is 1.47. The van der Waals surface area contributed by atoms with Gasteiger partial charge in [-0.2, -0.15) is 18.3 Å². The van der Waals surface area contributed by atoms with Crippen molar-refractivity contribution in [3.05, 3.63) is 82.4 Å². The van der Waals surface area contributed by atoms with Crippen molar-refractivity contribution in [3.8, 4) is 17.0 Å². The molecular weight excluding hydrogens is 564 g/mol. The van der Waals surface area contributed by atoms with Crippen LogP contribution in [0, 0.1) is 24.4 Å². The molecule has 2 aromatic carbocycles. The Morgan fingerprint density at radius 2 is 1.81 bits per heavy atom. The summed E-state index contributed by atoms with van der Waals surface area (Å²) in [6.45, 7) is 3.72. The van der Waals surface area contributed by atoms with E-state index in [1.165, 1.54) is 18.9 Å². The highest BCUT2D eigenvalue weighted by Gasteiger charge is 2.39. The van der Waals surface area contributed by atoms with Crippen LogP contribution in [0.5, 0.6) is 5.75 Å². The van der Waals surface area contributed by atoms with E-state index >= 15 is 0 Å². The third kappa shape index (κ3) is 5.40. The summed E-state index contributed by atoms with van der Waals surface area (Å²) in [5.41, 5.74) is -1.22. The van der Waals surface area contributed by atoms with Gasteiger partial charge in [0.1, 0.15) is 17.1 Å². The third-order valence-electron chi connectivity index (χ3n) is 7.51. The number of alkyl halides is 3. The number of rotatable bonds is 6. The first-order chi connectivity index (χ1) is 19.9. The number of amides is 1. The van der Waals surface area contributed by atoms with Gasteiger partial charge in [-0.3, -0.25) is 9.69 Å². The van der Waals surface area contributed by atoms with E-state index in [4.69, 9.17) is 4.74 Å². The number of benzene rings is 2. The van der Waals surface area contributed by atoms with E-state index in [-0.39, 0.29) is 54.2 Å². The molecule has 3 heterocycles. The summed E-state index contributed by atoms with van der Waals surface area (Å²) in [5.74, 6) is -3.35. The maximum absolute atomic E-state index is 14.3. The number of halogens is 6. The fourth-order valence-electron chi connectivity index (χ4n) is 5.39. The molecule has 1 amide bonds. The lowest BCUT2D eigenvalue weighted by Gasteiger charge is -2.41. The second-order valence-electron chi connectivity index (χ2n) is 10.1. The largest absolute Gasteiger partial charge is 0.497 e. The summed E-state index contributed by atoms with van der Waals surface area (Å²) in [4.78, 5) is 21.6. The van der Waals surface area contributed by atoms with E-state index in [9.17, 15) is 31.1 Å². The van der Waals surface area contributed by atoms with Gasteiger partial charge in [-0.15, -0.1) is 0 Å². The monoisotopic (exact) mass is 591 g/mol. The Morgan fingerprint density at radius 3 is 2.45 bits per heavy atom. The van der Waals surface area contributed by atoms with Crippen molar-refractivity contribution in [1.82, 2.24) is 24.4 Å². The quantitative estimate of drug-likeness (QED) is 0.207. The van der Waals surface area contributed by atoms with Gasteiger partial charge < -0.3 is 9.64 Å². The van der Waals surface area contributed by atoms with Crippen LogP contribution in [0.1, 0.15) is 40.5 Å². The molecule has 0 N–H and O–H groups in total. The van der Waals surface area contributed by atoms with Gasteiger partial charge in [-0.1, -0.05) is 6.92 Å². The number of methoxy groups -OCH3 is 1. The lowest BCUT2D eigenvalue weighted by atomic mass is 10.0. The highest BCUT2D eigenvalue weighted by molar-refractivity contribution is 6.00. The minimum atomic E-state index is -4.79. The molecule has 0 unspecified atom stereocenters. The number of hydrogen-bond donors (Lipinski definition) is 0. The number of fused-ring (bicyclic) bond motifs is 1. The molecule has 4 aromatic rings. The summed E-state index contributed by atoms with van der Waals surface area (Å²) >= 11 is 0. The molecule has 1 aliphatic heterocycles. The van der Waals surface area contributed by atoms with Gasteiger partial charge in [0.2, 0.25) is 0 Å². The highest BCUT2D eigenvalue weighted by Crippen LogP contribution is 2.37. The van der Waals surface area contributed by atoms with Crippen LogP contribution in [0.4, 0.5) is 26.3 Å². The number of aromatic nitrogens is 3. The zero-order valence-corrected chi connectivity index (χ0v) is 23.0. The predicted molar refractivity (Wildman–Crippen MR) is 141 cm³/mol. The van der Waals surface area contributed by atoms with Gasteiger partial charge in [0.05, 0.1) is 19.0 Å². The van der Waals surface area contributed by atoms with E-state index < -0.39 is 41.3 Å². The Hall–Kier alpha value is -4.13. The molecule has 0 radical (unpaired) electrons. The van der Waals surface area contributed by atoms with Gasteiger partial charge in [-0.05, 0) is 43.7 Å². The van der Waals surface area contributed by atoms with Crippen LogP contribution in [-0.2, 0) is 12.7 Å². The van der Waals surface area contributed by atoms with Crippen LogP contribution in [0.2, 0.25) is 0 Å². The van der Waals surface area contributed by atoms with Gasteiger partial charge >= 0.3 is 6.18 Å². The van der Waals surface area contributed by atoms with E-state index in [0.717, 1.165) is 12.3 Å². The Labute approximate surface area is 237 Å². The van der Waals surface area contributed by atoms with E-state index in [1.807, 2.05) is 6.92 Å². The first-order valence-corrected chi connectivity index (χ1v) is 13.2. The summed E-state index contributed by atoms with van der Waals surface area (Å²) in [6.07, 6.45) is -3.23. The molecule has 0 bridgehead atoms. The van der Waals surface area contributed by atoms with Crippen molar-refractivity contribution in [3.63, 3.8) is 0 Å². The number of carbonyl (C=O) groups excluding carboxylic acids is 1. The predicted octanol–water partition coefficient (Wildman–Crippen LogP) is 5.89. The van der Waals surface area contributed by atoms with Crippen molar-refractivity contribution in [1.29, 1.82) is 0 Å². The number of nitrogens with zero attached hydrogens (tertiary/aromatic N) is 5. The maximum Gasteiger partial charge on any atom is 0.433 e. The van der Waals surface area contributed by atoms with Crippen molar-refractivity contribution < 1.29 is 35.9 Å². The Balaban J connectivity index is 1.49. The molecule has 0 aliphatic carbocycles. The van der Waals surface area contributed by atoms with E-state index in [1.54, 1.807) is 29.2 Å². The summed E-state index contributed by atoms with van der Waals surface area (Å²) in [6, 6.07) is 7.38. The normalized spacial score (nSPS) is 16.3. The van der Waals surface area contributed by atoms with E-state index in [0.29, 0.717) is 28.3 Å². The fourth-order valence-corrected chi connectivity index (χ4v) is 5.39. The fraction of sp³-hybridized carbons (Fsp3) is 0.345. The molecule has 42 heavy (non-hydrogen) atoms. The number of hydrogen-bond acceptors (Lipinski definition) is 5. The third-order valence-corrected chi connectivity index (χ3v) is 7.51. The van der Waals surface area contributed by atoms with Crippen molar-refractivity contribution in [2.24, 2.45) is 0 Å². The first-order valence-electron chi connectivity index (χ1n) is 13.2. The van der Waals surface area contributed by atoms with Gasteiger partial charge in [0.15, 0.2) is 23.0 Å². The molecule has 1 fully saturated rings. The Morgan fingerprint density at radius 1 is 1.10 bits per heavy atom. The zero-order valence-electron chi connectivity index (χ0n) is 23.0. The molecule has 1 aliphatic rings. The van der Waals surface area contributed by atoms with Crippen LogP contribution >= 0.6 is 0 Å². The van der Waals surface area contributed by atoms with Crippen molar-refractivity contribution in [2.45, 2.75) is 39.0 Å². The summed E-state index contributed by atoms with van der Waals surface area (Å²) in [5, 5.41) is 3.92. The minimum absolute atomic E-state index is 0.0493. The molecule has 0 spiro atoms. The van der Waals surface area contributed by atoms with Crippen LogP contribution in [0.3, 0.4) is 0 Å². The first kappa shape index (κ1) is 29.4. The highest BCUT2D eigenvalue weighted by atomic mass is 19.4. The van der Waals surface area contributed by atoms with E-state index in [2.05, 4.69) is 10.1 Å². The van der Waals surface area contributed by atoms with Crippen molar-refractivity contribution in [2.75, 3.05) is 26.7 Å². The lowest BCUT2D eigenvalue weighted by Crippen LogP contribution is -2.54. The second-order valence-corrected chi connectivity index (χ2v) is 10.1. The molecule has 2 aromatic heterocycles. The maximum atomic E-state index is 14.3. The number of ether oxygens (including phenoxy) is 1. The molecule has 1 atom stereocenters. The SMILES string of the molecule is CC[C@@H]1CN(Cc2cc(F)cc(F)c2F)CCN1C(=O)c1cnn2c(C(F)(F)F)c(C)c(-c3ccc(OC)cc3)nc12. The Bertz CT molecular complexity index is 1640. The summed E-state index contributed by atoms with van der Waals surface area (Å²) < 4.78 is 90.3. The molecule has 0 saturated carbocycles. The molecule has 7 nitrogen and oxygen atoms in total. The molecule has 222 valence electrons. The van der Waals surface area contributed by atoms with Crippen LogP contribution in [-0.4, -0.2) is 63.1 Å². The average Bonchev–Trinajstić information content (AvgIpc) is 3.37. The zero-order chi connectivity index (χ0) is 30.3. The molecule has 5 rings (SSSR count). The molecule has 1 saturated heterocycles. The van der Waals surface area contributed by atoms with Crippen LogP contribution in [0.15, 0.2) is 42.6 Å². The molecular formula is C29H27F6N5O2. The lowest BCUT2D eigenvalue weighted by molar-refractivity contribution is -0.143. The second kappa shape index (κ2) is 11.3. The number of carbonyl (C=O) groups is 1. The molecule has 13 heteroatoms.